The number of ether oxygens (including phenoxy) is 2. The van der Waals surface area contributed by atoms with E-state index in [1.807, 2.05) is 84.8 Å². The Morgan fingerprint density at radius 2 is 0.891 bits per heavy atom. The van der Waals surface area contributed by atoms with Crippen LogP contribution >= 0.6 is 10.7 Å². The van der Waals surface area contributed by atoms with Crippen molar-refractivity contribution in [3.63, 3.8) is 0 Å². The summed E-state index contributed by atoms with van der Waals surface area (Å²) in [6.07, 6.45) is 25.7. The van der Waals surface area contributed by atoms with Crippen molar-refractivity contribution in [2.75, 3.05) is 89.4 Å². The maximum Gasteiger partial charge on any atom is 0.239 e. The number of halogens is 1. The number of H-pyrrole nitrogens is 1. The Balaban J connectivity index is 0.000000170. The number of hydrogen-bond donors (Lipinski definition) is 2. The molecule has 9 aromatic heterocycles. The standard InChI is InChI=1S/C24H35N7O3SSi.C22H31N7OSi.C18H21N7O2S.C2H5ClO2S/c1-6-35(32,33)30-11-8-24(9-12-30,17-25-2)31-16-20(15-28-31)22-21-7-10-29(23(21)27-18-26-22)19-34-13-14-36(3,4)5;1-23-15-22(6-8-24-9-7-22)29-14-18(13-27-29)20-19-5-10-28(21(19)26-16-25-20)17-30-11-12-31(2,3)4;1-3-28(26,27)24-8-5-18(6-9-24,12-19-2)25-11-14(10-23-25)16-15-4-7-20-17(15)22-13-21-16;1-2-6(3,4)5/h7,10,15-16,18H,6,8-9,11-14,17,19H2,1,3-5H3;5,10,13-14,16,24H,6-9,11-12,15,17H2,2-4H3;4,7,10-11,13H,3,5-6,8-9,12H2,1H3,(H,20,21,22);2H2,1H3. The molecule has 3 fully saturated rings. The minimum absolute atomic E-state index is 0.00849. The van der Waals surface area contributed by atoms with E-state index in [0.717, 1.165) is 118 Å². The number of nitrogens with one attached hydrogen (secondary N) is 2. The van der Waals surface area contributed by atoms with Crippen LogP contribution in [0.15, 0.2) is 93.0 Å². The van der Waals surface area contributed by atoms with E-state index in [-0.39, 0.29) is 35.9 Å². The highest BCUT2D eigenvalue weighted by Gasteiger charge is 2.45. The van der Waals surface area contributed by atoms with Crippen LogP contribution in [-0.2, 0) is 68.6 Å². The quantitative estimate of drug-likeness (QED) is 0.0246. The predicted octanol–water partition coefficient (Wildman–Crippen LogP) is 9.73. The number of aromatic nitrogens is 15. The van der Waals surface area contributed by atoms with Crippen LogP contribution in [0.2, 0.25) is 51.4 Å². The van der Waals surface area contributed by atoms with Gasteiger partial charge in [-0.05, 0) is 95.7 Å². The lowest BCUT2D eigenvalue weighted by Crippen LogP contribution is -2.50. The van der Waals surface area contributed by atoms with E-state index < -0.39 is 56.3 Å². The van der Waals surface area contributed by atoms with Crippen LogP contribution in [0.5, 0.6) is 0 Å². The van der Waals surface area contributed by atoms with Crippen LogP contribution in [0, 0.1) is 19.7 Å². The lowest BCUT2D eigenvalue weighted by atomic mass is 9.88. The molecule has 0 bridgehead atoms. The maximum atomic E-state index is 12.3. The molecule has 101 heavy (non-hydrogen) atoms. The summed E-state index contributed by atoms with van der Waals surface area (Å²) in [6.45, 7) is 48.0. The molecule has 0 atom stereocenters. The number of sulfonamides is 2. The summed E-state index contributed by atoms with van der Waals surface area (Å²) in [7, 11) is -7.21. The van der Waals surface area contributed by atoms with Gasteiger partial charge in [0.15, 0.2) is 0 Å². The first-order valence-corrected chi connectivity index (χ1v) is 46.9. The summed E-state index contributed by atoms with van der Waals surface area (Å²) < 4.78 is 93.1. The molecule has 3 aliphatic rings. The van der Waals surface area contributed by atoms with Crippen molar-refractivity contribution in [3.8, 4) is 33.8 Å². The van der Waals surface area contributed by atoms with Gasteiger partial charge in [0.25, 0.3) is 0 Å². The van der Waals surface area contributed by atoms with E-state index in [1.165, 1.54) is 21.9 Å². The smallest absolute Gasteiger partial charge is 0.239 e. The van der Waals surface area contributed by atoms with Crippen molar-refractivity contribution >= 4 is 89.0 Å². The second-order valence-corrected chi connectivity index (χ2v) is 46.8. The van der Waals surface area contributed by atoms with Crippen molar-refractivity contribution in [1.29, 1.82) is 0 Å². The first kappa shape index (κ1) is 77.5. The molecule has 0 unspecified atom stereocenters. The lowest BCUT2D eigenvalue weighted by molar-refractivity contribution is 0.0898. The third-order valence-corrected chi connectivity index (χ3v) is 27.3. The molecule has 3 saturated heterocycles. The van der Waals surface area contributed by atoms with Gasteiger partial charge in [-0.25, -0.2) is 83.5 Å². The van der Waals surface area contributed by atoms with Gasteiger partial charge in [-0.3, -0.25) is 14.0 Å². The molecule has 2 N–H and O–H groups in total. The first-order valence-electron chi connectivity index (χ1n) is 33.8. The fourth-order valence-corrected chi connectivity index (χ4v) is 16.1. The van der Waals surface area contributed by atoms with Crippen LogP contribution in [0.3, 0.4) is 0 Å². The van der Waals surface area contributed by atoms with Crippen molar-refractivity contribution in [3.05, 3.63) is 127 Å². The molecule has 29 nitrogen and oxygen atoms in total. The monoisotopic (exact) mass is 1490 g/mol. The molecule has 0 spiro atoms. The lowest BCUT2D eigenvalue weighted by Gasteiger charge is -2.38. The number of fused-ring (bicyclic) bond motifs is 3. The highest BCUT2D eigenvalue weighted by atomic mass is 35.7. The summed E-state index contributed by atoms with van der Waals surface area (Å²) in [5.74, 6) is 0.186. The number of hydrogen-bond acceptors (Lipinski definition) is 18. The van der Waals surface area contributed by atoms with Gasteiger partial charge in [0, 0.05) is 136 Å². The summed E-state index contributed by atoms with van der Waals surface area (Å²) >= 11 is 0. The third kappa shape index (κ3) is 19.2. The van der Waals surface area contributed by atoms with Crippen molar-refractivity contribution in [1.82, 2.24) is 87.3 Å². The predicted molar refractivity (Wildman–Crippen MR) is 397 cm³/mol. The summed E-state index contributed by atoms with van der Waals surface area (Å²) in [4.78, 5) is 40.8. The van der Waals surface area contributed by atoms with Crippen molar-refractivity contribution < 1.29 is 34.7 Å². The fraction of sp³-hybridized carbons (Fsp3) is 0.545. The molecule has 0 radical (unpaired) electrons. The molecule has 542 valence electrons. The van der Waals surface area contributed by atoms with E-state index in [2.05, 4.69) is 120 Å². The molecule has 0 aromatic carbocycles. The molecule has 35 heteroatoms. The number of piperidine rings is 3. The van der Waals surface area contributed by atoms with Gasteiger partial charge >= 0.3 is 0 Å². The fourth-order valence-electron chi connectivity index (χ4n) is 12.4. The Bertz CT molecular complexity index is 4750. The van der Waals surface area contributed by atoms with Gasteiger partial charge in [-0.2, -0.15) is 15.3 Å². The van der Waals surface area contributed by atoms with Crippen molar-refractivity contribution in [2.45, 2.75) is 141 Å². The minimum Gasteiger partial charge on any atom is -0.361 e. The zero-order valence-electron chi connectivity index (χ0n) is 59.0. The van der Waals surface area contributed by atoms with Gasteiger partial charge in [-0.15, -0.1) is 0 Å². The maximum absolute atomic E-state index is 12.3. The molecule has 0 aliphatic carbocycles. The van der Waals surface area contributed by atoms with Crippen LogP contribution in [0.1, 0.15) is 59.3 Å². The highest BCUT2D eigenvalue weighted by Crippen LogP contribution is 2.37. The largest absolute Gasteiger partial charge is 0.361 e. The normalized spacial score (nSPS) is 16.6. The number of rotatable bonds is 24. The topological polar surface area (TPSA) is 309 Å². The average molecular weight is 1500 g/mol. The van der Waals surface area contributed by atoms with Gasteiger partial charge in [-0.1, -0.05) is 46.2 Å². The molecule has 9 aromatic rings. The Morgan fingerprint density at radius 3 is 1.25 bits per heavy atom. The Kier molecular flexibility index (Phi) is 25.5. The Morgan fingerprint density at radius 1 is 0.525 bits per heavy atom. The van der Waals surface area contributed by atoms with Gasteiger partial charge in [0.05, 0.1) is 52.9 Å². The number of nitrogens with zero attached hydrogens (tertiary/aromatic N) is 19. The average Bonchev–Trinajstić information content (AvgIpc) is 1.70. The second-order valence-electron chi connectivity index (χ2n) is 28.0. The van der Waals surface area contributed by atoms with E-state index in [4.69, 9.17) is 29.2 Å². The first-order chi connectivity index (χ1) is 48.0. The molecular weight excluding hydrogens is 1400 g/mol. The summed E-state index contributed by atoms with van der Waals surface area (Å²) in [5, 5.41) is 20.0. The van der Waals surface area contributed by atoms with Crippen LogP contribution in [-0.4, -0.2) is 213 Å². The molecule has 3 aliphatic heterocycles. The Hall–Kier alpha value is -7.67. The number of aromatic amines is 1. The molecule has 0 saturated carbocycles. The van der Waals surface area contributed by atoms with Crippen LogP contribution < -0.4 is 5.32 Å². The minimum atomic E-state index is -3.25. The third-order valence-electron chi connectivity index (χ3n) is 18.8. The van der Waals surface area contributed by atoms with Crippen LogP contribution in [0.25, 0.3) is 81.4 Å². The van der Waals surface area contributed by atoms with E-state index in [9.17, 15) is 25.3 Å². The van der Waals surface area contributed by atoms with Gasteiger partial charge < -0.3 is 43.4 Å². The molecule has 12 rings (SSSR count). The zero-order chi connectivity index (χ0) is 72.9. The second kappa shape index (κ2) is 33.2. The van der Waals surface area contributed by atoms with E-state index >= 15 is 0 Å². The summed E-state index contributed by atoms with van der Waals surface area (Å²) in [5.41, 5.74) is 6.19. The Labute approximate surface area is 598 Å². The van der Waals surface area contributed by atoms with E-state index in [1.54, 1.807) is 38.9 Å². The molecular formula is C66H92ClN21O8S3Si2. The zero-order valence-corrected chi connectivity index (χ0v) is 64.2. The van der Waals surface area contributed by atoms with Crippen molar-refractivity contribution in [2.24, 2.45) is 0 Å². The highest BCUT2D eigenvalue weighted by molar-refractivity contribution is 8.13. The van der Waals surface area contributed by atoms with Crippen LogP contribution in [0.4, 0.5) is 0 Å². The van der Waals surface area contributed by atoms with E-state index in [0.29, 0.717) is 71.9 Å². The molecule has 12 heterocycles. The molecule has 0 amide bonds. The SMILES string of the molecule is CCS(=O)(=O)Cl.[C-]#[N+]CC1(n2cc(-c3ncnc4[nH]ccc34)cn2)CCN(S(=O)(=O)CC)CC1.[C-]#[N+]CC1(n2cc(-c3ncnc4c3ccn4COCC[Si](C)(C)C)cn2)CCN(S(=O)(=O)CC)CC1.[C-]#[N+]CC1(n2cc(-c3ncnc4c3ccn4COCC[Si](C)(C)C)cn2)CCNCC1. The van der Waals surface area contributed by atoms with Gasteiger partial charge in [0.2, 0.25) is 48.7 Å². The summed E-state index contributed by atoms with van der Waals surface area (Å²) in [6, 6.07) is 8.22. The van der Waals surface area contributed by atoms with Gasteiger partial charge in [0.1, 0.15) is 66.0 Å².